The summed E-state index contributed by atoms with van der Waals surface area (Å²) in [7, 11) is 0. The predicted molar refractivity (Wildman–Crippen MR) is 94.4 cm³/mol. The van der Waals surface area contributed by atoms with Crippen LogP contribution in [0.4, 0.5) is 0 Å². The van der Waals surface area contributed by atoms with Crippen molar-refractivity contribution in [2.75, 3.05) is 0 Å². The molecule has 0 fully saturated rings. The first-order chi connectivity index (χ1) is 11.9. The Hall–Kier alpha value is -3.02. The molecule has 0 aliphatic rings. The van der Waals surface area contributed by atoms with E-state index in [9.17, 15) is 9.59 Å². The zero-order valence-electron chi connectivity index (χ0n) is 14.4. The number of carbonyl (C=O) groups excluding carboxylic acids is 1. The van der Waals surface area contributed by atoms with Crippen LogP contribution in [0.15, 0.2) is 53.3 Å². The number of esters is 1. The minimum Gasteiger partial charge on any atom is -0.439 e. The fourth-order valence-electron chi connectivity index (χ4n) is 2.42. The number of aromatic nitrogens is 3. The van der Waals surface area contributed by atoms with Crippen LogP contribution in [-0.2, 0) is 16.9 Å². The molecule has 0 bridgehead atoms. The highest BCUT2D eigenvalue weighted by molar-refractivity contribution is 5.89. The maximum Gasteiger partial charge on any atom is 0.339 e. The number of nitrogens with zero attached hydrogens (tertiary/aromatic N) is 3. The van der Waals surface area contributed by atoms with Gasteiger partial charge in [0.15, 0.2) is 6.73 Å². The molecular formula is C19H19N3O3. The number of carbonyl (C=O) groups is 1. The molecule has 0 amide bonds. The molecule has 0 spiro atoms. The van der Waals surface area contributed by atoms with Crippen molar-refractivity contribution in [1.29, 1.82) is 0 Å². The molecule has 0 aliphatic carbocycles. The maximum atomic E-state index is 12.3. The van der Waals surface area contributed by atoms with Crippen molar-refractivity contribution in [2.24, 2.45) is 0 Å². The van der Waals surface area contributed by atoms with E-state index >= 15 is 0 Å². The molecule has 25 heavy (non-hydrogen) atoms. The molecule has 0 aliphatic heterocycles. The van der Waals surface area contributed by atoms with Crippen LogP contribution in [0.5, 0.6) is 0 Å². The fourth-order valence-corrected chi connectivity index (χ4v) is 2.42. The second-order valence-corrected chi connectivity index (χ2v) is 6.80. The topological polar surface area (TPSA) is 74.1 Å². The molecule has 6 heteroatoms. The zero-order chi connectivity index (χ0) is 18.0. The lowest BCUT2D eigenvalue weighted by atomic mass is 9.87. The highest BCUT2D eigenvalue weighted by Gasteiger charge is 2.15. The molecule has 0 N–H and O–H groups in total. The van der Waals surface area contributed by atoms with Crippen LogP contribution in [0, 0.1) is 0 Å². The lowest BCUT2D eigenvalue weighted by Crippen LogP contribution is -2.26. The standard InChI is InChI=1S/C19H19N3O3/c1-19(2,3)14-10-8-13(9-11-14)18(24)25-12-22-17(23)15-6-4-5-7-16(15)20-21-22/h4-11H,12H2,1-3H3. The monoisotopic (exact) mass is 337 g/mol. The maximum absolute atomic E-state index is 12.3. The molecule has 1 aromatic heterocycles. The Morgan fingerprint density at radius 1 is 1.08 bits per heavy atom. The van der Waals surface area contributed by atoms with E-state index in [1.165, 1.54) is 0 Å². The van der Waals surface area contributed by atoms with Crippen molar-refractivity contribution >= 4 is 16.9 Å². The summed E-state index contributed by atoms with van der Waals surface area (Å²) in [5.74, 6) is -0.512. The lowest BCUT2D eigenvalue weighted by Gasteiger charge is -2.18. The number of benzene rings is 2. The number of ether oxygens (including phenoxy) is 1. The predicted octanol–water partition coefficient (Wildman–Crippen LogP) is 2.90. The Kier molecular flexibility index (Phi) is 4.35. The molecule has 2 aromatic carbocycles. The molecule has 128 valence electrons. The number of fused-ring (bicyclic) bond motifs is 1. The average Bonchev–Trinajstić information content (AvgIpc) is 2.60. The van der Waals surface area contributed by atoms with E-state index in [0.29, 0.717) is 16.5 Å². The quantitative estimate of drug-likeness (QED) is 0.687. The molecule has 0 radical (unpaired) electrons. The normalized spacial score (nSPS) is 11.5. The first-order valence-electron chi connectivity index (χ1n) is 7.96. The molecule has 3 aromatic rings. The summed E-state index contributed by atoms with van der Waals surface area (Å²) in [5, 5.41) is 8.18. The number of rotatable bonds is 3. The second-order valence-electron chi connectivity index (χ2n) is 6.80. The van der Waals surface area contributed by atoms with Crippen molar-refractivity contribution in [3.05, 3.63) is 70.0 Å². The summed E-state index contributed by atoms with van der Waals surface area (Å²) in [6.07, 6.45) is 0. The van der Waals surface area contributed by atoms with Gasteiger partial charge in [0, 0.05) is 0 Å². The minimum atomic E-state index is -0.512. The summed E-state index contributed by atoms with van der Waals surface area (Å²) >= 11 is 0. The Balaban J connectivity index is 1.74. The van der Waals surface area contributed by atoms with Gasteiger partial charge in [-0.1, -0.05) is 50.3 Å². The largest absolute Gasteiger partial charge is 0.439 e. The van der Waals surface area contributed by atoms with E-state index in [1.54, 1.807) is 36.4 Å². The third kappa shape index (κ3) is 3.57. The highest BCUT2D eigenvalue weighted by Crippen LogP contribution is 2.22. The van der Waals surface area contributed by atoms with E-state index in [1.807, 2.05) is 12.1 Å². The summed E-state index contributed by atoms with van der Waals surface area (Å²) < 4.78 is 6.22. The first kappa shape index (κ1) is 16.8. The molecule has 0 unspecified atom stereocenters. The molecule has 0 saturated carbocycles. The third-order valence-electron chi connectivity index (χ3n) is 3.93. The number of hydrogen-bond donors (Lipinski definition) is 0. The Morgan fingerprint density at radius 3 is 2.44 bits per heavy atom. The smallest absolute Gasteiger partial charge is 0.339 e. The molecule has 6 nitrogen and oxygen atoms in total. The zero-order valence-corrected chi connectivity index (χ0v) is 14.4. The van der Waals surface area contributed by atoms with Gasteiger partial charge in [-0.3, -0.25) is 4.79 Å². The van der Waals surface area contributed by atoms with Crippen molar-refractivity contribution in [3.63, 3.8) is 0 Å². The average molecular weight is 337 g/mol. The van der Waals surface area contributed by atoms with Crippen LogP contribution in [0.1, 0.15) is 36.7 Å². The molecule has 0 atom stereocenters. The van der Waals surface area contributed by atoms with E-state index in [-0.39, 0.29) is 17.7 Å². The first-order valence-corrected chi connectivity index (χ1v) is 7.96. The molecule has 1 heterocycles. The summed E-state index contributed by atoms with van der Waals surface area (Å²) in [6, 6.07) is 14.1. The lowest BCUT2D eigenvalue weighted by molar-refractivity contribution is 0.0336. The molecule has 0 saturated heterocycles. The van der Waals surface area contributed by atoms with Crippen molar-refractivity contribution < 1.29 is 9.53 Å². The van der Waals surface area contributed by atoms with Gasteiger partial charge in [0.05, 0.1) is 10.9 Å². The Labute approximate surface area is 145 Å². The Bertz CT molecular complexity index is 970. The van der Waals surface area contributed by atoms with Gasteiger partial charge in [-0.05, 0) is 35.2 Å². The van der Waals surface area contributed by atoms with E-state index < -0.39 is 5.97 Å². The van der Waals surface area contributed by atoms with Gasteiger partial charge < -0.3 is 4.74 Å². The van der Waals surface area contributed by atoms with E-state index in [4.69, 9.17) is 4.74 Å². The summed E-state index contributed by atoms with van der Waals surface area (Å²) in [6.45, 7) is 6.03. The second kappa shape index (κ2) is 6.47. The van der Waals surface area contributed by atoms with Crippen LogP contribution in [0.3, 0.4) is 0 Å². The van der Waals surface area contributed by atoms with Gasteiger partial charge in [-0.25, -0.2) is 4.79 Å². The van der Waals surface area contributed by atoms with Gasteiger partial charge in [0.2, 0.25) is 0 Å². The van der Waals surface area contributed by atoms with E-state index in [0.717, 1.165) is 10.2 Å². The van der Waals surface area contributed by atoms with Crippen LogP contribution in [-0.4, -0.2) is 21.0 Å². The van der Waals surface area contributed by atoms with E-state index in [2.05, 4.69) is 31.1 Å². The van der Waals surface area contributed by atoms with Crippen LogP contribution in [0.25, 0.3) is 10.9 Å². The summed E-state index contributed by atoms with van der Waals surface area (Å²) in [4.78, 5) is 24.5. The van der Waals surface area contributed by atoms with Crippen LogP contribution in [0.2, 0.25) is 0 Å². The van der Waals surface area contributed by atoms with Crippen molar-refractivity contribution in [3.8, 4) is 0 Å². The Morgan fingerprint density at radius 2 is 1.76 bits per heavy atom. The van der Waals surface area contributed by atoms with Crippen LogP contribution < -0.4 is 5.56 Å². The van der Waals surface area contributed by atoms with Gasteiger partial charge >= 0.3 is 5.97 Å². The third-order valence-corrected chi connectivity index (χ3v) is 3.93. The number of hydrogen-bond acceptors (Lipinski definition) is 5. The van der Waals surface area contributed by atoms with Gasteiger partial charge in [-0.2, -0.15) is 4.68 Å². The molecule has 3 rings (SSSR count). The van der Waals surface area contributed by atoms with Gasteiger partial charge in [0.1, 0.15) is 5.52 Å². The van der Waals surface area contributed by atoms with Crippen LogP contribution >= 0.6 is 0 Å². The minimum absolute atomic E-state index is 0.0103. The fraction of sp³-hybridized carbons (Fsp3) is 0.263. The van der Waals surface area contributed by atoms with Gasteiger partial charge in [0.25, 0.3) is 5.56 Å². The highest BCUT2D eigenvalue weighted by atomic mass is 16.5. The van der Waals surface area contributed by atoms with Crippen molar-refractivity contribution in [1.82, 2.24) is 15.0 Å². The SMILES string of the molecule is CC(C)(C)c1ccc(C(=O)OCn2nnc3ccccc3c2=O)cc1. The molecular weight excluding hydrogens is 318 g/mol. The van der Waals surface area contributed by atoms with Gasteiger partial charge in [-0.15, -0.1) is 5.10 Å². The summed E-state index contributed by atoms with van der Waals surface area (Å²) in [5.41, 5.74) is 1.72. The van der Waals surface area contributed by atoms with Crippen molar-refractivity contribution in [2.45, 2.75) is 32.9 Å².